The minimum Gasteiger partial charge on any atom is -0.476 e. The maximum atomic E-state index is 11.1. The van der Waals surface area contributed by atoms with Crippen molar-refractivity contribution in [2.45, 2.75) is 19.9 Å². The quantitative estimate of drug-likeness (QED) is 0.632. The van der Waals surface area contributed by atoms with Crippen LogP contribution >= 0.6 is 0 Å². The van der Waals surface area contributed by atoms with Gasteiger partial charge < -0.3 is 15.7 Å². The molecule has 0 atom stereocenters. The summed E-state index contributed by atoms with van der Waals surface area (Å²) in [6, 6.07) is -0.245. The molecule has 0 spiro atoms. The Labute approximate surface area is 98.0 Å². The average molecular weight is 241 g/mol. The molecule has 1 rings (SSSR count). The van der Waals surface area contributed by atoms with Crippen molar-refractivity contribution in [3.05, 3.63) is 11.9 Å². The van der Waals surface area contributed by atoms with Crippen molar-refractivity contribution in [3.63, 3.8) is 0 Å². The van der Waals surface area contributed by atoms with E-state index in [9.17, 15) is 9.59 Å². The van der Waals surface area contributed by atoms with Crippen LogP contribution in [-0.2, 0) is 6.54 Å². The number of carbonyl (C=O) groups excluding carboxylic acids is 1. The molecule has 0 aromatic carbocycles. The third-order valence-corrected chi connectivity index (χ3v) is 1.92. The Bertz CT molecular complexity index is 390. The highest BCUT2D eigenvalue weighted by Crippen LogP contribution is 1.91. The van der Waals surface area contributed by atoms with Gasteiger partial charge in [-0.3, -0.25) is 0 Å². The number of hydrogen-bond donors (Lipinski definition) is 3. The summed E-state index contributed by atoms with van der Waals surface area (Å²) in [4.78, 5) is 21.7. The lowest BCUT2D eigenvalue weighted by atomic mass is 10.5. The number of carboxylic acid groups (broad SMARTS) is 1. The van der Waals surface area contributed by atoms with Crippen LogP contribution in [0.2, 0.25) is 0 Å². The van der Waals surface area contributed by atoms with Gasteiger partial charge in [-0.05, 0) is 6.42 Å². The number of carbonyl (C=O) groups is 2. The summed E-state index contributed by atoms with van der Waals surface area (Å²) in [5, 5.41) is 20.9. The summed E-state index contributed by atoms with van der Waals surface area (Å²) < 4.78 is 1.36. The van der Waals surface area contributed by atoms with Crippen molar-refractivity contribution in [3.8, 4) is 0 Å². The smallest absolute Gasteiger partial charge is 0.358 e. The number of amides is 2. The van der Waals surface area contributed by atoms with Crippen LogP contribution in [0.25, 0.3) is 0 Å². The minimum atomic E-state index is -1.12. The fourth-order valence-electron chi connectivity index (χ4n) is 1.09. The van der Waals surface area contributed by atoms with Crippen LogP contribution in [0, 0.1) is 0 Å². The van der Waals surface area contributed by atoms with Crippen molar-refractivity contribution in [2.24, 2.45) is 0 Å². The van der Waals surface area contributed by atoms with E-state index in [2.05, 4.69) is 20.9 Å². The minimum absolute atomic E-state index is 0.111. The summed E-state index contributed by atoms with van der Waals surface area (Å²) in [7, 11) is 0. The van der Waals surface area contributed by atoms with Crippen LogP contribution in [-0.4, -0.2) is 45.2 Å². The molecular formula is C9H15N5O3. The second kappa shape index (κ2) is 6.46. The molecule has 0 aliphatic rings. The van der Waals surface area contributed by atoms with Gasteiger partial charge in [0, 0.05) is 13.1 Å². The van der Waals surface area contributed by atoms with E-state index in [1.165, 1.54) is 10.9 Å². The first-order valence-corrected chi connectivity index (χ1v) is 5.28. The number of nitrogens with one attached hydrogen (secondary N) is 2. The van der Waals surface area contributed by atoms with Crippen molar-refractivity contribution >= 4 is 12.0 Å². The second-order valence-electron chi connectivity index (χ2n) is 3.35. The number of hydrogen-bond acceptors (Lipinski definition) is 4. The van der Waals surface area contributed by atoms with E-state index in [1.54, 1.807) is 0 Å². The van der Waals surface area contributed by atoms with Crippen LogP contribution in [0.15, 0.2) is 6.20 Å². The lowest BCUT2D eigenvalue weighted by Gasteiger charge is -2.05. The Morgan fingerprint density at radius 2 is 2.12 bits per heavy atom. The predicted octanol–water partition coefficient (Wildman–Crippen LogP) is -0.314. The summed E-state index contributed by atoms with van der Waals surface area (Å²) in [6.45, 7) is 3.32. The molecule has 0 saturated heterocycles. The zero-order valence-electron chi connectivity index (χ0n) is 9.51. The van der Waals surface area contributed by atoms with E-state index in [-0.39, 0.29) is 11.7 Å². The van der Waals surface area contributed by atoms with Crippen LogP contribution < -0.4 is 10.6 Å². The Hall–Kier alpha value is -2.12. The SMILES string of the molecule is CCCNC(=O)NCCn1cc(C(=O)O)nn1. The van der Waals surface area contributed by atoms with Crippen molar-refractivity contribution in [1.29, 1.82) is 0 Å². The number of rotatable bonds is 6. The van der Waals surface area contributed by atoms with Crippen LogP contribution in [0.5, 0.6) is 0 Å². The normalized spacial score (nSPS) is 9.94. The van der Waals surface area contributed by atoms with E-state index in [0.29, 0.717) is 19.6 Å². The van der Waals surface area contributed by atoms with Crippen molar-refractivity contribution in [2.75, 3.05) is 13.1 Å². The van der Waals surface area contributed by atoms with Gasteiger partial charge in [0.1, 0.15) is 0 Å². The number of urea groups is 1. The number of aromatic nitrogens is 3. The van der Waals surface area contributed by atoms with E-state index >= 15 is 0 Å². The fraction of sp³-hybridized carbons (Fsp3) is 0.556. The first-order valence-electron chi connectivity index (χ1n) is 5.28. The van der Waals surface area contributed by atoms with E-state index in [0.717, 1.165) is 6.42 Å². The number of carboxylic acids is 1. The molecule has 17 heavy (non-hydrogen) atoms. The molecule has 0 radical (unpaired) electrons. The van der Waals surface area contributed by atoms with Gasteiger partial charge >= 0.3 is 12.0 Å². The van der Waals surface area contributed by atoms with Gasteiger partial charge in [0.15, 0.2) is 5.69 Å². The fourth-order valence-corrected chi connectivity index (χ4v) is 1.09. The Morgan fingerprint density at radius 3 is 2.71 bits per heavy atom. The monoisotopic (exact) mass is 241 g/mol. The first-order chi connectivity index (χ1) is 8.13. The maximum Gasteiger partial charge on any atom is 0.358 e. The highest BCUT2D eigenvalue weighted by molar-refractivity contribution is 5.84. The van der Waals surface area contributed by atoms with Gasteiger partial charge in [-0.1, -0.05) is 12.1 Å². The van der Waals surface area contributed by atoms with Crippen LogP contribution in [0.1, 0.15) is 23.8 Å². The molecule has 0 fully saturated rings. The zero-order chi connectivity index (χ0) is 12.7. The molecule has 8 nitrogen and oxygen atoms in total. The molecule has 1 heterocycles. The molecular weight excluding hydrogens is 226 g/mol. The molecule has 1 aromatic heterocycles. The third kappa shape index (κ3) is 4.49. The lowest BCUT2D eigenvalue weighted by molar-refractivity contribution is 0.0690. The Balaban J connectivity index is 2.26. The second-order valence-corrected chi connectivity index (χ2v) is 3.35. The molecule has 0 aliphatic carbocycles. The molecule has 3 N–H and O–H groups in total. The Kier molecular flexibility index (Phi) is 4.92. The molecule has 0 bridgehead atoms. The largest absolute Gasteiger partial charge is 0.476 e. The van der Waals surface area contributed by atoms with Gasteiger partial charge in [-0.2, -0.15) is 0 Å². The molecule has 8 heteroatoms. The van der Waals surface area contributed by atoms with Gasteiger partial charge in [0.2, 0.25) is 0 Å². The summed E-state index contributed by atoms with van der Waals surface area (Å²) in [5.41, 5.74) is -0.111. The lowest BCUT2D eigenvalue weighted by Crippen LogP contribution is -2.37. The third-order valence-electron chi connectivity index (χ3n) is 1.92. The molecule has 2 amide bonds. The number of aromatic carboxylic acids is 1. The van der Waals surface area contributed by atoms with Crippen LogP contribution in [0.4, 0.5) is 4.79 Å². The van der Waals surface area contributed by atoms with Crippen molar-refractivity contribution < 1.29 is 14.7 Å². The number of nitrogens with zero attached hydrogens (tertiary/aromatic N) is 3. The maximum absolute atomic E-state index is 11.1. The highest BCUT2D eigenvalue weighted by atomic mass is 16.4. The molecule has 0 aliphatic heterocycles. The highest BCUT2D eigenvalue weighted by Gasteiger charge is 2.07. The van der Waals surface area contributed by atoms with Gasteiger partial charge in [-0.25, -0.2) is 14.3 Å². The van der Waals surface area contributed by atoms with E-state index in [1.807, 2.05) is 6.92 Å². The Morgan fingerprint density at radius 1 is 1.41 bits per heavy atom. The summed E-state index contributed by atoms with van der Waals surface area (Å²) >= 11 is 0. The molecule has 0 saturated carbocycles. The first kappa shape index (κ1) is 12.9. The topological polar surface area (TPSA) is 109 Å². The van der Waals surface area contributed by atoms with Gasteiger partial charge in [0.25, 0.3) is 0 Å². The summed E-state index contributed by atoms with van der Waals surface area (Å²) in [6.07, 6.45) is 2.19. The molecule has 94 valence electrons. The summed E-state index contributed by atoms with van der Waals surface area (Å²) in [5.74, 6) is -1.12. The van der Waals surface area contributed by atoms with Crippen molar-refractivity contribution in [1.82, 2.24) is 25.6 Å². The van der Waals surface area contributed by atoms with E-state index in [4.69, 9.17) is 5.11 Å². The standard InChI is InChI=1S/C9H15N5O3/c1-2-3-10-9(17)11-4-5-14-6-7(8(15)16)12-13-14/h6H,2-5H2,1H3,(H,15,16)(H2,10,11,17). The average Bonchev–Trinajstić information content (AvgIpc) is 2.75. The molecule has 1 aromatic rings. The van der Waals surface area contributed by atoms with E-state index < -0.39 is 5.97 Å². The van der Waals surface area contributed by atoms with Gasteiger partial charge in [-0.15, -0.1) is 5.10 Å². The van der Waals surface area contributed by atoms with Gasteiger partial charge in [0.05, 0.1) is 12.7 Å². The van der Waals surface area contributed by atoms with Crippen LogP contribution in [0.3, 0.4) is 0 Å². The predicted molar refractivity (Wildman–Crippen MR) is 58.7 cm³/mol. The molecule has 0 unspecified atom stereocenters. The zero-order valence-corrected chi connectivity index (χ0v) is 9.51.